The zero-order valence-corrected chi connectivity index (χ0v) is 13.2. The number of aryl methyl sites for hydroxylation is 1. The second-order valence-corrected chi connectivity index (χ2v) is 6.20. The summed E-state index contributed by atoms with van der Waals surface area (Å²) in [4.78, 5) is 16.0. The van der Waals surface area contributed by atoms with Crippen LogP contribution in [0.4, 0.5) is 10.1 Å². The van der Waals surface area contributed by atoms with Crippen LogP contribution in [-0.4, -0.2) is 17.4 Å². The van der Waals surface area contributed by atoms with Crippen molar-refractivity contribution < 1.29 is 9.18 Å². The number of halogens is 1. The third-order valence-electron chi connectivity index (χ3n) is 3.59. The first-order valence-corrected chi connectivity index (χ1v) is 7.68. The van der Waals surface area contributed by atoms with E-state index in [9.17, 15) is 9.18 Å². The van der Waals surface area contributed by atoms with E-state index in [0.717, 1.165) is 10.4 Å². The van der Waals surface area contributed by atoms with Gasteiger partial charge in [0.05, 0.1) is 10.9 Å². The summed E-state index contributed by atoms with van der Waals surface area (Å²) in [6, 6.07) is 7.86. The van der Waals surface area contributed by atoms with Crippen LogP contribution < -0.4 is 5.73 Å². The van der Waals surface area contributed by atoms with Crippen molar-refractivity contribution >= 4 is 22.9 Å². The maximum absolute atomic E-state index is 13.0. The average molecular weight is 306 g/mol. The molecule has 5 heteroatoms. The van der Waals surface area contributed by atoms with Crippen molar-refractivity contribution in [2.75, 3.05) is 12.3 Å². The van der Waals surface area contributed by atoms with Gasteiger partial charge in [-0.1, -0.05) is 12.1 Å². The zero-order valence-electron chi connectivity index (χ0n) is 12.4. The number of nitrogens with zero attached hydrogens (tertiary/aromatic N) is 1. The molecule has 0 fully saturated rings. The van der Waals surface area contributed by atoms with Crippen LogP contribution in [0.1, 0.15) is 40.0 Å². The van der Waals surface area contributed by atoms with Gasteiger partial charge in [-0.05, 0) is 44.5 Å². The summed E-state index contributed by atoms with van der Waals surface area (Å²) in [6.45, 7) is 6.35. The maximum atomic E-state index is 13.0. The van der Waals surface area contributed by atoms with E-state index >= 15 is 0 Å². The van der Waals surface area contributed by atoms with Crippen LogP contribution in [0.25, 0.3) is 0 Å². The van der Waals surface area contributed by atoms with Crippen molar-refractivity contribution in [2.45, 2.75) is 26.8 Å². The average Bonchev–Trinajstić information content (AvgIpc) is 2.80. The minimum absolute atomic E-state index is 0.0425. The summed E-state index contributed by atoms with van der Waals surface area (Å²) in [5.74, 6) is -0.318. The highest BCUT2D eigenvalue weighted by molar-refractivity contribution is 7.14. The Labute approximate surface area is 128 Å². The van der Waals surface area contributed by atoms with Gasteiger partial charge in [0.2, 0.25) is 0 Å². The standard InChI is InChI=1S/C16H19FN2OS/c1-4-19(10(2)12-5-7-13(17)8-6-12)16(20)15-9-14(18)11(3)21-15/h5-10H,4,18H2,1-3H3. The lowest BCUT2D eigenvalue weighted by Crippen LogP contribution is -2.32. The Balaban J connectivity index is 2.25. The van der Waals surface area contributed by atoms with E-state index in [-0.39, 0.29) is 17.8 Å². The van der Waals surface area contributed by atoms with E-state index in [2.05, 4.69) is 0 Å². The first-order valence-electron chi connectivity index (χ1n) is 6.86. The Kier molecular flexibility index (Phi) is 4.63. The number of anilines is 1. The fourth-order valence-corrected chi connectivity index (χ4v) is 3.15. The topological polar surface area (TPSA) is 46.3 Å². The summed E-state index contributed by atoms with van der Waals surface area (Å²) in [5, 5.41) is 0. The van der Waals surface area contributed by atoms with Gasteiger partial charge in [0.25, 0.3) is 5.91 Å². The summed E-state index contributed by atoms with van der Waals surface area (Å²) in [6.07, 6.45) is 0. The predicted molar refractivity (Wildman–Crippen MR) is 85.0 cm³/mol. The largest absolute Gasteiger partial charge is 0.398 e. The van der Waals surface area contributed by atoms with Gasteiger partial charge in [-0.3, -0.25) is 4.79 Å². The number of hydrogen-bond acceptors (Lipinski definition) is 3. The molecule has 2 aromatic rings. The number of carbonyl (C=O) groups is 1. The van der Waals surface area contributed by atoms with E-state index in [0.29, 0.717) is 17.1 Å². The minimum Gasteiger partial charge on any atom is -0.398 e. The molecule has 3 nitrogen and oxygen atoms in total. The molecule has 1 unspecified atom stereocenters. The third-order valence-corrected chi connectivity index (χ3v) is 4.64. The zero-order chi connectivity index (χ0) is 15.6. The number of nitrogen functional groups attached to an aromatic ring is 1. The van der Waals surface area contributed by atoms with Gasteiger partial charge in [0.1, 0.15) is 5.82 Å². The molecule has 2 rings (SSSR count). The molecule has 1 aromatic carbocycles. The summed E-state index contributed by atoms with van der Waals surface area (Å²) in [5.41, 5.74) is 7.38. The molecule has 1 amide bonds. The number of carbonyl (C=O) groups excluding carboxylic acids is 1. The molecule has 0 aliphatic heterocycles. The molecule has 0 saturated heterocycles. The van der Waals surface area contributed by atoms with E-state index < -0.39 is 0 Å². The van der Waals surface area contributed by atoms with Crippen molar-refractivity contribution in [3.63, 3.8) is 0 Å². The van der Waals surface area contributed by atoms with Crippen molar-refractivity contribution in [2.24, 2.45) is 0 Å². The molecular weight excluding hydrogens is 287 g/mol. The molecule has 1 aromatic heterocycles. The van der Waals surface area contributed by atoms with Crippen molar-refractivity contribution in [3.05, 3.63) is 51.5 Å². The van der Waals surface area contributed by atoms with Gasteiger partial charge in [-0.15, -0.1) is 11.3 Å². The Morgan fingerprint density at radius 2 is 2.00 bits per heavy atom. The van der Waals surface area contributed by atoms with Crippen LogP contribution in [0.2, 0.25) is 0 Å². The molecule has 1 heterocycles. The van der Waals surface area contributed by atoms with Gasteiger partial charge in [-0.2, -0.15) is 0 Å². The van der Waals surface area contributed by atoms with Crippen LogP contribution in [0, 0.1) is 12.7 Å². The van der Waals surface area contributed by atoms with Gasteiger partial charge >= 0.3 is 0 Å². The van der Waals surface area contributed by atoms with Crippen LogP contribution >= 0.6 is 11.3 Å². The molecule has 112 valence electrons. The normalized spacial score (nSPS) is 12.2. The lowest BCUT2D eigenvalue weighted by atomic mass is 10.1. The Morgan fingerprint density at radius 3 is 2.48 bits per heavy atom. The number of rotatable bonds is 4. The summed E-state index contributed by atoms with van der Waals surface area (Å²) < 4.78 is 13.0. The fraction of sp³-hybridized carbons (Fsp3) is 0.312. The van der Waals surface area contributed by atoms with Crippen LogP contribution in [0.15, 0.2) is 30.3 Å². The first-order chi connectivity index (χ1) is 9.93. The SMILES string of the molecule is CCN(C(=O)c1cc(N)c(C)s1)C(C)c1ccc(F)cc1. The lowest BCUT2D eigenvalue weighted by Gasteiger charge is -2.28. The lowest BCUT2D eigenvalue weighted by molar-refractivity contribution is 0.0707. The second kappa shape index (κ2) is 6.26. The summed E-state index contributed by atoms with van der Waals surface area (Å²) >= 11 is 1.41. The van der Waals surface area contributed by atoms with Gasteiger partial charge in [0.15, 0.2) is 0 Å². The number of nitrogens with two attached hydrogens (primary N) is 1. The quantitative estimate of drug-likeness (QED) is 0.928. The van der Waals surface area contributed by atoms with Crippen LogP contribution in [0.5, 0.6) is 0 Å². The highest BCUT2D eigenvalue weighted by Crippen LogP contribution is 2.28. The molecule has 0 bridgehead atoms. The molecule has 0 radical (unpaired) electrons. The van der Waals surface area contributed by atoms with Gasteiger partial charge in [0, 0.05) is 17.1 Å². The van der Waals surface area contributed by atoms with E-state index in [1.54, 1.807) is 23.1 Å². The minimum atomic E-state index is -0.276. The van der Waals surface area contributed by atoms with E-state index in [1.165, 1.54) is 23.5 Å². The Hall–Kier alpha value is -1.88. The molecule has 21 heavy (non-hydrogen) atoms. The van der Waals surface area contributed by atoms with E-state index in [4.69, 9.17) is 5.73 Å². The smallest absolute Gasteiger partial charge is 0.264 e. The molecule has 0 aliphatic carbocycles. The third kappa shape index (κ3) is 3.24. The number of thiophene rings is 1. The predicted octanol–water partition coefficient (Wildman–Crippen LogP) is 4.00. The van der Waals surface area contributed by atoms with Crippen LogP contribution in [0.3, 0.4) is 0 Å². The number of amides is 1. The Bertz CT molecular complexity index is 617. The molecular formula is C16H19FN2OS. The molecule has 0 aliphatic rings. The summed E-state index contributed by atoms with van der Waals surface area (Å²) in [7, 11) is 0. The van der Waals surface area contributed by atoms with Gasteiger partial charge in [-0.25, -0.2) is 4.39 Å². The molecule has 1 atom stereocenters. The number of benzene rings is 1. The Morgan fingerprint density at radius 1 is 1.38 bits per heavy atom. The van der Waals surface area contributed by atoms with Crippen LogP contribution in [-0.2, 0) is 0 Å². The fourth-order valence-electron chi connectivity index (χ4n) is 2.26. The monoisotopic (exact) mass is 306 g/mol. The second-order valence-electron chi connectivity index (χ2n) is 4.94. The highest BCUT2D eigenvalue weighted by atomic mass is 32.1. The van der Waals surface area contributed by atoms with Crippen molar-refractivity contribution in [1.29, 1.82) is 0 Å². The van der Waals surface area contributed by atoms with Gasteiger partial charge < -0.3 is 10.6 Å². The maximum Gasteiger partial charge on any atom is 0.264 e. The van der Waals surface area contributed by atoms with Crippen molar-refractivity contribution in [1.82, 2.24) is 4.90 Å². The molecule has 0 saturated carbocycles. The van der Waals surface area contributed by atoms with Crippen molar-refractivity contribution in [3.8, 4) is 0 Å². The molecule has 0 spiro atoms. The molecule has 2 N–H and O–H groups in total. The first kappa shape index (κ1) is 15.5. The number of hydrogen-bond donors (Lipinski definition) is 1. The highest BCUT2D eigenvalue weighted by Gasteiger charge is 2.23. The van der Waals surface area contributed by atoms with E-state index in [1.807, 2.05) is 20.8 Å².